The number of carboxylic acid groups (broad SMARTS) is 1. The van der Waals surface area contributed by atoms with Crippen molar-refractivity contribution in [3.8, 4) is 0 Å². The van der Waals surface area contributed by atoms with Crippen molar-refractivity contribution in [2.45, 2.75) is 5.75 Å². The molecule has 0 spiro atoms. The van der Waals surface area contributed by atoms with Crippen LogP contribution >= 0.6 is 23.1 Å². The zero-order chi connectivity index (χ0) is 13.8. The first-order valence-electron chi connectivity index (χ1n) is 5.51. The van der Waals surface area contributed by atoms with Gasteiger partial charge in [-0.3, -0.25) is 4.79 Å². The van der Waals surface area contributed by atoms with Crippen LogP contribution in [-0.2, 0) is 15.3 Å². The first kappa shape index (κ1) is 13.9. The highest BCUT2D eigenvalue weighted by molar-refractivity contribution is 7.99. The lowest BCUT2D eigenvalue weighted by atomic mass is 10.1. The maximum Gasteiger partial charge on any atom is 0.346 e. The molecule has 1 aromatic carbocycles. The summed E-state index contributed by atoms with van der Waals surface area (Å²) in [6.45, 7) is 0. The maximum atomic E-state index is 11.3. The SMILES string of the molecule is COC(=O)CSCc1c(C(=O)O)sc2ccccc12. The molecular formula is C13H12O4S2. The van der Waals surface area contributed by atoms with Gasteiger partial charge in [-0.2, -0.15) is 0 Å². The van der Waals surface area contributed by atoms with Gasteiger partial charge in [0.05, 0.1) is 12.9 Å². The summed E-state index contributed by atoms with van der Waals surface area (Å²) in [5, 5.41) is 10.2. The topological polar surface area (TPSA) is 63.6 Å². The zero-order valence-corrected chi connectivity index (χ0v) is 11.8. The third-order valence-electron chi connectivity index (χ3n) is 2.59. The van der Waals surface area contributed by atoms with Gasteiger partial charge in [0.2, 0.25) is 0 Å². The Morgan fingerprint density at radius 3 is 2.79 bits per heavy atom. The molecule has 1 heterocycles. The summed E-state index contributed by atoms with van der Waals surface area (Å²) in [7, 11) is 1.34. The van der Waals surface area contributed by atoms with E-state index < -0.39 is 5.97 Å². The number of thiophene rings is 1. The minimum Gasteiger partial charge on any atom is -0.477 e. The number of rotatable bonds is 5. The van der Waals surface area contributed by atoms with Crippen molar-refractivity contribution in [1.29, 1.82) is 0 Å². The number of hydrogen-bond donors (Lipinski definition) is 1. The molecule has 6 heteroatoms. The summed E-state index contributed by atoms with van der Waals surface area (Å²) in [4.78, 5) is 22.7. The van der Waals surface area contributed by atoms with Gasteiger partial charge >= 0.3 is 11.9 Å². The van der Waals surface area contributed by atoms with Gasteiger partial charge in [0, 0.05) is 10.5 Å². The van der Waals surface area contributed by atoms with Crippen LogP contribution in [0.25, 0.3) is 10.1 Å². The maximum absolute atomic E-state index is 11.3. The van der Waals surface area contributed by atoms with Crippen LogP contribution in [0.1, 0.15) is 15.2 Å². The summed E-state index contributed by atoms with van der Waals surface area (Å²) in [5.74, 6) is -0.517. The van der Waals surface area contributed by atoms with Crippen LogP contribution in [0.15, 0.2) is 24.3 Å². The minimum absolute atomic E-state index is 0.222. The van der Waals surface area contributed by atoms with E-state index in [1.165, 1.54) is 30.2 Å². The molecule has 0 saturated heterocycles. The number of carboxylic acids is 1. The Morgan fingerprint density at radius 2 is 2.11 bits per heavy atom. The predicted octanol–water partition coefficient (Wildman–Crippen LogP) is 3.01. The Bertz CT molecular complexity index is 618. The molecular weight excluding hydrogens is 284 g/mol. The van der Waals surface area contributed by atoms with E-state index in [-0.39, 0.29) is 11.7 Å². The number of benzene rings is 1. The van der Waals surface area contributed by atoms with Gasteiger partial charge in [0.1, 0.15) is 4.88 Å². The molecule has 4 nitrogen and oxygen atoms in total. The molecule has 0 aliphatic heterocycles. The average molecular weight is 296 g/mol. The highest BCUT2D eigenvalue weighted by atomic mass is 32.2. The zero-order valence-electron chi connectivity index (χ0n) is 10.2. The van der Waals surface area contributed by atoms with Crippen molar-refractivity contribution >= 4 is 45.1 Å². The van der Waals surface area contributed by atoms with Crippen LogP contribution in [0, 0.1) is 0 Å². The molecule has 19 heavy (non-hydrogen) atoms. The molecule has 0 bridgehead atoms. The van der Waals surface area contributed by atoms with E-state index in [0.29, 0.717) is 10.6 Å². The molecule has 0 aliphatic rings. The Morgan fingerprint density at radius 1 is 1.37 bits per heavy atom. The van der Waals surface area contributed by atoms with E-state index in [1.807, 2.05) is 24.3 Å². The van der Waals surface area contributed by atoms with Gasteiger partial charge in [-0.25, -0.2) is 4.79 Å². The molecule has 2 aromatic rings. The van der Waals surface area contributed by atoms with Crippen LogP contribution in [0.4, 0.5) is 0 Å². The fourth-order valence-electron chi connectivity index (χ4n) is 1.71. The molecule has 1 N–H and O–H groups in total. The number of fused-ring (bicyclic) bond motifs is 1. The largest absolute Gasteiger partial charge is 0.477 e. The first-order valence-corrected chi connectivity index (χ1v) is 7.49. The molecule has 100 valence electrons. The molecule has 0 radical (unpaired) electrons. The second kappa shape index (κ2) is 6.08. The number of hydrogen-bond acceptors (Lipinski definition) is 5. The molecule has 0 fully saturated rings. The number of esters is 1. The summed E-state index contributed by atoms with van der Waals surface area (Å²) in [6.07, 6.45) is 0. The van der Waals surface area contributed by atoms with Crippen LogP contribution in [-0.4, -0.2) is 29.9 Å². The highest BCUT2D eigenvalue weighted by Gasteiger charge is 2.17. The van der Waals surface area contributed by atoms with Crippen molar-refractivity contribution in [2.24, 2.45) is 0 Å². The molecule has 0 unspecified atom stereocenters. The molecule has 2 rings (SSSR count). The monoisotopic (exact) mass is 296 g/mol. The predicted molar refractivity (Wildman–Crippen MR) is 77.0 cm³/mol. The van der Waals surface area contributed by atoms with Crippen LogP contribution in [0.3, 0.4) is 0 Å². The van der Waals surface area contributed by atoms with Crippen molar-refractivity contribution in [3.05, 3.63) is 34.7 Å². The number of carbonyl (C=O) groups is 2. The fraction of sp³-hybridized carbons (Fsp3) is 0.231. The number of methoxy groups -OCH3 is 1. The fourth-order valence-corrected chi connectivity index (χ4v) is 3.75. The van der Waals surface area contributed by atoms with Gasteiger partial charge < -0.3 is 9.84 Å². The lowest BCUT2D eigenvalue weighted by Gasteiger charge is -2.02. The van der Waals surface area contributed by atoms with Crippen LogP contribution < -0.4 is 0 Å². The van der Waals surface area contributed by atoms with E-state index >= 15 is 0 Å². The van der Waals surface area contributed by atoms with Crippen molar-refractivity contribution in [1.82, 2.24) is 0 Å². The first-order chi connectivity index (χ1) is 9.13. The number of carbonyl (C=O) groups excluding carboxylic acids is 1. The van der Waals surface area contributed by atoms with Crippen LogP contribution in [0.2, 0.25) is 0 Å². The van der Waals surface area contributed by atoms with Gasteiger partial charge in [-0.05, 0) is 17.0 Å². The van der Waals surface area contributed by atoms with Gasteiger partial charge in [-0.1, -0.05) is 18.2 Å². The average Bonchev–Trinajstić information content (AvgIpc) is 2.78. The van der Waals surface area contributed by atoms with Gasteiger partial charge in [-0.15, -0.1) is 23.1 Å². The van der Waals surface area contributed by atoms with Crippen molar-refractivity contribution < 1.29 is 19.4 Å². The van der Waals surface area contributed by atoms with E-state index in [4.69, 9.17) is 0 Å². The molecule has 0 aliphatic carbocycles. The van der Waals surface area contributed by atoms with E-state index in [1.54, 1.807) is 0 Å². The molecule has 0 amide bonds. The molecule has 0 atom stereocenters. The quantitative estimate of drug-likeness (QED) is 0.859. The summed E-state index contributed by atoms with van der Waals surface area (Å²) >= 11 is 2.63. The summed E-state index contributed by atoms with van der Waals surface area (Å²) in [5.41, 5.74) is 0.780. The second-order valence-corrected chi connectivity index (χ2v) is 5.82. The number of ether oxygens (including phenoxy) is 1. The summed E-state index contributed by atoms with van der Waals surface area (Å²) < 4.78 is 5.51. The highest BCUT2D eigenvalue weighted by Crippen LogP contribution is 2.33. The minimum atomic E-state index is -0.921. The van der Waals surface area contributed by atoms with E-state index in [9.17, 15) is 14.7 Å². The Labute approximate surface area is 118 Å². The van der Waals surface area contributed by atoms with E-state index in [0.717, 1.165) is 15.6 Å². The van der Waals surface area contributed by atoms with Gasteiger partial charge in [0.15, 0.2) is 0 Å². The van der Waals surface area contributed by atoms with Crippen molar-refractivity contribution in [2.75, 3.05) is 12.9 Å². The Kier molecular flexibility index (Phi) is 4.44. The van der Waals surface area contributed by atoms with Crippen LogP contribution in [0.5, 0.6) is 0 Å². The number of aromatic carboxylic acids is 1. The van der Waals surface area contributed by atoms with E-state index in [2.05, 4.69) is 4.74 Å². The van der Waals surface area contributed by atoms with Crippen molar-refractivity contribution in [3.63, 3.8) is 0 Å². The van der Waals surface area contributed by atoms with Gasteiger partial charge in [0.25, 0.3) is 0 Å². The smallest absolute Gasteiger partial charge is 0.346 e. The summed E-state index contributed by atoms with van der Waals surface area (Å²) in [6, 6.07) is 7.58. The second-order valence-electron chi connectivity index (χ2n) is 3.78. The molecule has 0 saturated carbocycles. The lowest BCUT2D eigenvalue weighted by molar-refractivity contribution is -0.137. The standard InChI is InChI=1S/C13H12O4S2/c1-17-11(14)7-18-6-9-8-4-2-3-5-10(8)19-12(9)13(15)16/h2-5H,6-7H2,1H3,(H,15,16). The normalized spacial score (nSPS) is 10.6. The Balaban J connectivity index is 2.26. The third-order valence-corrected chi connectivity index (χ3v) is 4.72. The molecule has 1 aromatic heterocycles. The number of thioether (sulfide) groups is 1. The Hall–Kier alpha value is -1.53. The lowest BCUT2D eigenvalue weighted by Crippen LogP contribution is -2.04. The third kappa shape index (κ3) is 3.08.